The molecular formula is C17H23FN2O3. The van der Waals surface area contributed by atoms with E-state index in [0.29, 0.717) is 16.7 Å². The van der Waals surface area contributed by atoms with Crippen molar-refractivity contribution in [1.29, 1.82) is 0 Å². The fourth-order valence-corrected chi connectivity index (χ4v) is 2.48. The first-order valence-electron chi connectivity index (χ1n) is 7.69. The zero-order valence-electron chi connectivity index (χ0n) is 13.9. The van der Waals surface area contributed by atoms with Gasteiger partial charge in [0.25, 0.3) is 0 Å². The summed E-state index contributed by atoms with van der Waals surface area (Å²) in [6, 6.07) is 4.04. The SMILES string of the molecule is Cc1c(CNC(=O)N(CC(C)O)C(C)C)oc2ccc(F)cc12. The third-order valence-corrected chi connectivity index (χ3v) is 3.74. The van der Waals surface area contributed by atoms with Crippen molar-refractivity contribution in [3.8, 4) is 0 Å². The van der Waals surface area contributed by atoms with Crippen molar-refractivity contribution in [2.24, 2.45) is 0 Å². The zero-order chi connectivity index (χ0) is 17.1. The quantitative estimate of drug-likeness (QED) is 0.888. The van der Waals surface area contributed by atoms with Crippen LogP contribution in [0.15, 0.2) is 22.6 Å². The van der Waals surface area contributed by atoms with E-state index in [1.165, 1.54) is 12.1 Å². The van der Waals surface area contributed by atoms with Gasteiger partial charge < -0.3 is 19.7 Å². The lowest BCUT2D eigenvalue weighted by molar-refractivity contribution is 0.118. The van der Waals surface area contributed by atoms with Crippen molar-refractivity contribution < 1.29 is 18.7 Å². The van der Waals surface area contributed by atoms with Crippen LogP contribution in [0.4, 0.5) is 9.18 Å². The highest BCUT2D eigenvalue weighted by atomic mass is 19.1. The Morgan fingerprint density at radius 1 is 1.39 bits per heavy atom. The van der Waals surface area contributed by atoms with E-state index in [2.05, 4.69) is 5.32 Å². The number of hydrogen-bond donors (Lipinski definition) is 2. The maximum absolute atomic E-state index is 13.3. The number of aliphatic hydroxyl groups excluding tert-OH is 1. The predicted molar refractivity (Wildman–Crippen MR) is 86.7 cm³/mol. The van der Waals surface area contributed by atoms with Gasteiger partial charge in [-0.1, -0.05) is 0 Å². The molecule has 0 saturated carbocycles. The molecule has 6 heteroatoms. The molecule has 0 aliphatic carbocycles. The molecule has 1 unspecified atom stereocenters. The Hall–Kier alpha value is -2.08. The van der Waals surface area contributed by atoms with Crippen LogP contribution in [-0.4, -0.2) is 34.7 Å². The van der Waals surface area contributed by atoms with Crippen LogP contribution in [0.25, 0.3) is 11.0 Å². The zero-order valence-corrected chi connectivity index (χ0v) is 13.9. The van der Waals surface area contributed by atoms with Crippen molar-refractivity contribution in [3.63, 3.8) is 0 Å². The van der Waals surface area contributed by atoms with Gasteiger partial charge in [-0.15, -0.1) is 0 Å². The highest BCUT2D eigenvalue weighted by Crippen LogP contribution is 2.25. The van der Waals surface area contributed by atoms with Gasteiger partial charge in [0.2, 0.25) is 0 Å². The minimum absolute atomic E-state index is 0.0320. The largest absolute Gasteiger partial charge is 0.459 e. The van der Waals surface area contributed by atoms with E-state index in [0.717, 1.165) is 5.56 Å². The van der Waals surface area contributed by atoms with Crippen LogP contribution < -0.4 is 5.32 Å². The predicted octanol–water partition coefficient (Wildman–Crippen LogP) is 3.18. The van der Waals surface area contributed by atoms with E-state index >= 15 is 0 Å². The average Bonchev–Trinajstić information content (AvgIpc) is 2.78. The van der Waals surface area contributed by atoms with Gasteiger partial charge in [-0.3, -0.25) is 0 Å². The number of carbonyl (C=O) groups is 1. The highest BCUT2D eigenvalue weighted by molar-refractivity contribution is 5.82. The van der Waals surface area contributed by atoms with Crippen LogP contribution >= 0.6 is 0 Å². The number of hydrogen-bond acceptors (Lipinski definition) is 3. The number of nitrogens with zero attached hydrogens (tertiary/aromatic N) is 1. The number of furan rings is 1. The smallest absolute Gasteiger partial charge is 0.318 e. The van der Waals surface area contributed by atoms with Gasteiger partial charge in [0.1, 0.15) is 17.2 Å². The molecule has 1 atom stereocenters. The fourth-order valence-electron chi connectivity index (χ4n) is 2.48. The molecule has 0 aliphatic heterocycles. The second-order valence-corrected chi connectivity index (χ2v) is 6.04. The van der Waals surface area contributed by atoms with E-state index in [9.17, 15) is 14.3 Å². The number of carbonyl (C=O) groups excluding carboxylic acids is 1. The maximum atomic E-state index is 13.3. The first kappa shape index (κ1) is 17.3. The second kappa shape index (κ2) is 7.00. The summed E-state index contributed by atoms with van der Waals surface area (Å²) in [5.74, 6) is 0.277. The lowest BCUT2D eigenvalue weighted by Gasteiger charge is -2.28. The topological polar surface area (TPSA) is 65.7 Å². The molecular weight excluding hydrogens is 299 g/mol. The molecule has 0 radical (unpaired) electrons. The summed E-state index contributed by atoms with van der Waals surface area (Å²) in [6.45, 7) is 7.72. The number of rotatable bonds is 5. The normalized spacial score (nSPS) is 12.7. The Bertz CT molecular complexity index is 694. The molecule has 1 aromatic heterocycles. The van der Waals surface area contributed by atoms with Gasteiger partial charge in [0.15, 0.2) is 0 Å². The number of urea groups is 1. The molecule has 23 heavy (non-hydrogen) atoms. The van der Waals surface area contributed by atoms with Gasteiger partial charge in [0.05, 0.1) is 12.6 Å². The number of benzene rings is 1. The molecule has 0 spiro atoms. The minimum Gasteiger partial charge on any atom is -0.459 e. The number of amides is 2. The summed E-state index contributed by atoms with van der Waals surface area (Å²) >= 11 is 0. The second-order valence-electron chi connectivity index (χ2n) is 6.04. The molecule has 1 heterocycles. The molecule has 126 valence electrons. The van der Waals surface area contributed by atoms with Gasteiger partial charge in [0, 0.05) is 23.5 Å². The summed E-state index contributed by atoms with van der Waals surface area (Å²) in [5.41, 5.74) is 1.41. The Kier molecular flexibility index (Phi) is 5.26. The van der Waals surface area contributed by atoms with Crippen LogP contribution in [-0.2, 0) is 6.54 Å². The summed E-state index contributed by atoms with van der Waals surface area (Å²) in [4.78, 5) is 13.8. The Morgan fingerprint density at radius 3 is 2.70 bits per heavy atom. The van der Waals surface area contributed by atoms with Crippen molar-refractivity contribution in [2.75, 3.05) is 6.54 Å². The molecule has 5 nitrogen and oxygen atoms in total. The Balaban J connectivity index is 2.10. The first-order valence-corrected chi connectivity index (χ1v) is 7.69. The van der Waals surface area contributed by atoms with E-state index < -0.39 is 6.10 Å². The monoisotopic (exact) mass is 322 g/mol. The lowest BCUT2D eigenvalue weighted by atomic mass is 10.1. The van der Waals surface area contributed by atoms with E-state index in [-0.39, 0.29) is 31.0 Å². The van der Waals surface area contributed by atoms with Crippen LogP contribution in [0.1, 0.15) is 32.1 Å². The van der Waals surface area contributed by atoms with Gasteiger partial charge in [-0.2, -0.15) is 0 Å². The van der Waals surface area contributed by atoms with Crippen molar-refractivity contribution in [3.05, 3.63) is 35.3 Å². The number of fused-ring (bicyclic) bond motifs is 1. The number of aliphatic hydroxyl groups is 1. The van der Waals surface area contributed by atoms with Crippen LogP contribution in [0.2, 0.25) is 0 Å². The van der Waals surface area contributed by atoms with Crippen LogP contribution in [0, 0.1) is 12.7 Å². The van der Waals surface area contributed by atoms with Gasteiger partial charge in [-0.05, 0) is 45.9 Å². The van der Waals surface area contributed by atoms with E-state index in [1.807, 2.05) is 20.8 Å². The van der Waals surface area contributed by atoms with E-state index in [1.54, 1.807) is 17.9 Å². The van der Waals surface area contributed by atoms with Crippen molar-refractivity contribution >= 4 is 17.0 Å². The van der Waals surface area contributed by atoms with Gasteiger partial charge >= 0.3 is 6.03 Å². The van der Waals surface area contributed by atoms with Crippen LogP contribution in [0.5, 0.6) is 0 Å². The third kappa shape index (κ3) is 4.01. The Morgan fingerprint density at radius 2 is 2.09 bits per heavy atom. The summed E-state index contributed by atoms with van der Waals surface area (Å²) in [5, 5.41) is 13.0. The minimum atomic E-state index is -0.598. The molecule has 0 bridgehead atoms. The Labute approximate surface area is 135 Å². The fraction of sp³-hybridized carbons (Fsp3) is 0.471. The maximum Gasteiger partial charge on any atom is 0.318 e. The summed E-state index contributed by atoms with van der Waals surface area (Å²) in [7, 11) is 0. The van der Waals surface area contributed by atoms with Crippen molar-refractivity contribution in [2.45, 2.75) is 46.4 Å². The van der Waals surface area contributed by atoms with E-state index in [4.69, 9.17) is 4.42 Å². The third-order valence-electron chi connectivity index (χ3n) is 3.74. The molecule has 2 amide bonds. The molecule has 1 aromatic carbocycles. The number of halogens is 1. The molecule has 2 N–H and O–H groups in total. The van der Waals surface area contributed by atoms with Gasteiger partial charge in [-0.25, -0.2) is 9.18 Å². The standard InChI is InChI=1S/C17H23FN2O3/c1-10(2)20(9-11(3)21)17(22)19-8-16-12(4)14-7-13(18)5-6-15(14)23-16/h5-7,10-11,21H,8-9H2,1-4H3,(H,19,22). The molecule has 0 saturated heterocycles. The lowest BCUT2D eigenvalue weighted by Crippen LogP contribution is -2.46. The molecule has 0 fully saturated rings. The summed E-state index contributed by atoms with van der Waals surface area (Å²) < 4.78 is 19.0. The molecule has 2 aromatic rings. The number of aryl methyl sites for hydroxylation is 1. The first-order chi connectivity index (χ1) is 10.8. The highest BCUT2D eigenvalue weighted by Gasteiger charge is 2.19. The molecule has 0 aliphatic rings. The van der Waals surface area contributed by atoms with Crippen molar-refractivity contribution in [1.82, 2.24) is 10.2 Å². The average molecular weight is 322 g/mol. The molecule has 2 rings (SSSR count). The summed E-state index contributed by atoms with van der Waals surface area (Å²) in [6.07, 6.45) is -0.598. The number of nitrogens with one attached hydrogen (secondary N) is 1. The van der Waals surface area contributed by atoms with Crippen LogP contribution in [0.3, 0.4) is 0 Å².